The normalized spacial score (nSPS) is 8.64. The molecule has 0 amide bonds. The van der Waals surface area contributed by atoms with Gasteiger partial charge in [-0.25, -0.2) is 4.79 Å². The van der Waals surface area contributed by atoms with Crippen LogP contribution in [0.3, 0.4) is 0 Å². The van der Waals surface area contributed by atoms with Gasteiger partial charge in [0.1, 0.15) is 0 Å². The molecule has 86 valence electrons. The third kappa shape index (κ3) is 229. The van der Waals surface area contributed by atoms with E-state index in [2.05, 4.69) is 6.58 Å². The molecule has 0 aliphatic heterocycles. The highest BCUT2D eigenvalue weighted by Crippen LogP contribution is 2.26. The molecule has 0 unspecified atom stereocenters. The predicted octanol–water partition coefficient (Wildman–Crippen LogP) is -0.978. The molecule has 8 heteroatoms. The lowest BCUT2D eigenvalue weighted by Crippen LogP contribution is -1.85. The molecule has 0 saturated carbocycles. The summed E-state index contributed by atoms with van der Waals surface area (Å²) in [6.45, 7) is 3.56. The Morgan fingerprint density at radius 2 is 1.50 bits per heavy atom. The van der Waals surface area contributed by atoms with Crippen molar-refractivity contribution in [3.63, 3.8) is 0 Å². The summed E-state index contributed by atoms with van der Waals surface area (Å²) in [5.41, 5.74) is 0. The average Bonchev–Trinajstić information content (AvgIpc) is 2.02. The van der Waals surface area contributed by atoms with E-state index < -0.39 is 13.6 Å². The lowest BCUT2D eigenvalue weighted by atomic mass is 10.7. The Balaban J connectivity index is -0.000000131. The summed E-state index contributed by atoms with van der Waals surface area (Å²) in [5, 5.41) is 22.9. The molecular weight excluding hydrogens is 215 g/mol. The summed E-state index contributed by atoms with van der Waals surface area (Å²) >= 11 is 0. The van der Waals surface area contributed by atoms with Gasteiger partial charge in [-0.2, -0.15) is 0 Å². The van der Waals surface area contributed by atoms with Gasteiger partial charge < -0.3 is 25.1 Å². The van der Waals surface area contributed by atoms with Crippen molar-refractivity contribution in [2.75, 3.05) is 19.9 Å². The lowest BCUT2D eigenvalue weighted by molar-refractivity contribution is -0.131. The van der Waals surface area contributed by atoms with Gasteiger partial charge in [0.05, 0.1) is 13.2 Å². The van der Waals surface area contributed by atoms with Crippen LogP contribution in [0.5, 0.6) is 0 Å². The predicted molar refractivity (Wildman–Crippen MR) is 50.0 cm³/mol. The number of aliphatic hydroxyl groups is 2. The molecule has 7 nitrogen and oxygen atoms in total. The molecule has 14 heavy (non-hydrogen) atoms. The van der Waals surface area contributed by atoms with E-state index in [0.717, 1.165) is 12.7 Å². The maximum absolute atomic E-state index is 9.33. The van der Waals surface area contributed by atoms with Gasteiger partial charge in [-0.15, -0.1) is 0 Å². The minimum atomic E-state index is -3.64. The maximum Gasteiger partial charge on any atom is 0.327 e. The van der Waals surface area contributed by atoms with Crippen LogP contribution in [0.15, 0.2) is 12.7 Å². The summed E-state index contributed by atoms with van der Waals surface area (Å²) < 4.78 is 9.33. The first kappa shape index (κ1) is 18.9. The number of carbonyl (C=O) groups is 1. The van der Waals surface area contributed by atoms with Gasteiger partial charge in [-0.3, -0.25) is 4.57 Å². The minimum Gasteiger partial charge on any atom is -0.478 e. The van der Waals surface area contributed by atoms with E-state index in [1.807, 2.05) is 0 Å². The SMILES string of the molecule is C=CC(=O)O.CP(=O)(O)O.OCCO. The second-order valence-electron chi connectivity index (χ2n) is 1.82. The Bertz CT molecular complexity index is 174. The van der Waals surface area contributed by atoms with Gasteiger partial charge in [0.2, 0.25) is 0 Å². The highest BCUT2D eigenvalue weighted by molar-refractivity contribution is 7.50. The molecule has 0 aliphatic carbocycles. The van der Waals surface area contributed by atoms with Gasteiger partial charge >= 0.3 is 13.6 Å². The Hall–Kier alpha value is -0.720. The number of carboxylic acid groups (broad SMARTS) is 1. The summed E-state index contributed by atoms with van der Waals surface area (Å²) in [4.78, 5) is 24.5. The molecule has 0 bridgehead atoms. The molecule has 0 radical (unpaired) electrons. The van der Waals surface area contributed by atoms with Crippen molar-refractivity contribution in [3.05, 3.63) is 12.7 Å². The van der Waals surface area contributed by atoms with Crippen LogP contribution in [0.25, 0.3) is 0 Å². The fourth-order valence-electron chi connectivity index (χ4n) is 0. The van der Waals surface area contributed by atoms with Crippen LogP contribution in [0.4, 0.5) is 0 Å². The summed E-state index contributed by atoms with van der Waals surface area (Å²) in [6.07, 6.45) is 0.833. The third-order valence-electron chi connectivity index (χ3n) is 0.275. The summed E-state index contributed by atoms with van der Waals surface area (Å²) in [7, 11) is -3.64. The molecule has 0 heterocycles. The van der Waals surface area contributed by atoms with Crippen LogP contribution in [0.1, 0.15) is 0 Å². The fraction of sp³-hybridized carbons (Fsp3) is 0.500. The topological polar surface area (TPSA) is 135 Å². The molecule has 0 rings (SSSR count). The van der Waals surface area contributed by atoms with Crippen molar-refractivity contribution in [1.29, 1.82) is 0 Å². The van der Waals surface area contributed by atoms with Crippen molar-refractivity contribution in [2.24, 2.45) is 0 Å². The van der Waals surface area contributed by atoms with Crippen LogP contribution in [-0.4, -0.2) is 51.0 Å². The molecule has 0 saturated heterocycles. The van der Waals surface area contributed by atoms with E-state index in [-0.39, 0.29) is 13.2 Å². The Kier molecular flexibility index (Phi) is 16.6. The largest absolute Gasteiger partial charge is 0.478 e. The van der Waals surface area contributed by atoms with Gasteiger partial charge in [0.15, 0.2) is 0 Å². The molecule has 0 atom stereocenters. The number of aliphatic carboxylic acids is 1. The number of aliphatic hydroxyl groups excluding tert-OH is 2. The Morgan fingerprint density at radius 3 is 1.50 bits per heavy atom. The van der Waals surface area contributed by atoms with E-state index in [4.69, 9.17) is 25.1 Å². The zero-order chi connectivity index (χ0) is 12.2. The molecular formula is C6H15O7P. The zero-order valence-corrected chi connectivity index (χ0v) is 8.59. The molecule has 0 aromatic rings. The Morgan fingerprint density at radius 1 is 1.36 bits per heavy atom. The number of hydrogen-bond acceptors (Lipinski definition) is 4. The van der Waals surface area contributed by atoms with Gasteiger partial charge in [0.25, 0.3) is 0 Å². The van der Waals surface area contributed by atoms with E-state index in [0.29, 0.717) is 0 Å². The number of hydrogen-bond donors (Lipinski definition) is 5. The van der Waals surface area contributed by atoms with E-state index >= 15 is 0 Å². The van der Waals surface area contributed by atoms with Crippen LogP contribution >= 0.6 is 7.60 Å². The molecule has 0 aliphatic rings. The second kappa shape index (κ2) is 12.3. The maximum atomic E-state index is 9.33. The summed E-state index contributed by atoms with van der Waals surface area (Å²) in [6, 6.07) is 0. The standard InChI is InChI=1S/C3H4O2.C2H6O2.CH5O3P/c1-2-3(4)5;3-1-2-4;1-5(2,3)4/h2H,1H2,(H,4,5);3-4H,1-2H2;1H3,(H2,2,3,4). The van der Waals surface area contributed by atoms with E-state index in [9.17, 15) is 9.36 Å². The quantitative estimate of drug-likeness (QED) is 0.304. The molecule has 0 fully saturated rings. The monoisotopic (exact) mass is 230 g/mol. The molecule has 0 spiro atoms. The first-order valence-electron chi connectivity index (χ1n) is 3.29. The number of rotatable bonds is 2. The highest BCUT2D eigenvalue weighted by Gasteiger charge is 1.95. The minimum absolute atomic E-state index is 0.125. The van der Waals surface area contributed by atoms with Crippen LogP contribution < -0.4 is 0 Å². The lowest BCUT2D eigenvalue weighted by Gasteiger charge is -1.84. The van der Waals surface area contributed by atoms with E-state index in [1.165, 1.54) is 0 Å². The smallest absolute Gasteiger partial charge is 0.327 e. The molecule has 0 aromatic carbocycles. The van der Waals surface area contributed by atoms with Crippen molar-refractivity contribution in [3.8, 4) is 0 Å². The van der Waals surface area contributed by atoms with Crippen molar-refractivity contribution in [1.82, 2.24) is 0 Å². The first-order chi connectivity index (χ1) is 6.18. The van der Waals surface area contributed by atoms with Gasteiger partial charge in [-0.05, 0) is 0 Å². The highest BCUT2D eigenvalue weighted by atomic mass is 31.2. The van der Waals surface area contributed by atoms with E-state index in [1.54, 1.807) is 0 Å². The fourth-order valence-corrected chi connectivity index (χ4v) is 0. The second-order valence-corrected chi connectivity index (χ2v) is 3.50. The average molecular weight is 230 g/mol. The van der Waals surface area contributed by atoms with Crippen molar-refractivity contribution in [2.45, 2.75) is 0 Å². The van der Waals surface area contributed by atoms with Crippen molar-refractivity contribution < 1.29 is 34.5 Å². The van der Waals surface area contributed by atoms with Crippen LogP contribution in [0.2, 0.25) is 0 Å². The zero-order valence-electron chi connectivity index (χ0n) is 7.70. The van der Waals surface area contributed by atoms with Crippen LogP contribution in [0, 0.1) is 0 Å². The first-order valence-corrected chi connectivity index (χ1v) is 5.35. The molecule has 5 N–H and O–H groups in total. The van der Waals surface area contributed by atoms with Crippen LogP contribution in [-0.2, 0) is 9.36 Å². The number of carboxylic acids is 1. The summed E-state index contributed by atoms with van der Waals surface area (Å²) in [5.74, 6) is -0.981. The third-order valence-corrected chi connectivity index (χ3v) is 0.275. The van der Waals surface area contributed by atoms with Gasteiger partial charge in [-0.1, -0.05) is 6.58 Å². The van der Waals surface area contributed by atoms with Crippen molar-refractivity contribution >= 4 is 13.6 Å². The Labute approximate surface area is 81.5 Å². The molecule has 0 aromatic heterocycles. The van der Waals surface area contributed by atoms with Gasteiger partial charge in [0, 0.05) is 12.7 Å².